The predicted octanol–water partition coefficient (Wildman–Crippen LogP) is 6.29. The van der Waals surface area contributed by atoms with Gasteiger partial charge in [0, 0.05) is 5.69 Å². The van der Waals surface area contributed by atoms with Crippen molar-refractivity contribution in [1.82, 2.24) is 9.55 Å². The Labute approximate surface area is 145 Å². The second kappa shape index (κ2) is 6.21. The number of hydrogen-bond donors (Lipinski definition) is 0. The van der Waals surface area contributed by atoms with Gasteiger partial charge in [-0.1, -0.05) is 45.9 Å². The molecule has 0 saturated heterocycles. The van der Waals surface area contributed by atoms with Crippen molar-refractivity contribution < 1.29 is 13.2 Å². The molecule has 0 amide bonds. The van der Waals surface area contributed by atoms with Crippen LogP contribution in [0, 0.1) is 0 Å². The van der Waals surface area contributed by atoms with Crippen LogP contribution in [0.4, 0.5) is 13.2 Å². The third-order valence-electron chi connectivity index (χ3n) is 4.42. The van der Waals surface area contributed by atoms with E-state index in [2.05, 4.69) is 18.8 Å². The number of nitrogens with zero attached hydrogens (tertiary/aromatic N) is 2. The summed E-state index contributed by atoms with van der Waals surface area (Å²) in [5.41, 5.74) is 3.38. The Hall–Kier alpha value is -2.30. The van der Waals surface area contributed by atoms with E-state index in [0.717, 1.165) is 11.1 Å². The maximum atomic E-state index is 13.6. The van der Waals surface area contributed by atoms with E-state index in [1.54, 1.807) is 24.3 Å². The van der Waals surface area contributed by atoms with Crippen LogP contribution in [-0.2, 0) is 6.18 Å². The number of fused-ring (bicyclic) bond motifs is 1. The molecule has 1 aromatic heterocycles. The highest BCUT2D eigenvalue weighted by molar-refractivity contribution is 5.79. The van der Waals surface area contributed by atoms with Gasteiger partial charge in [0.15, 0.2) is 0 Å². The molecule has 0 unspecified atom stereocenters. The minimum atomic E-state index is -4.52. The van der Waals surface area contributed by atoms with Crippen molar-refractivity contribution in [2.24, 2.45) is 0 Å². The summed E-state index contributed by atoms with van der Waals surface area (Å²) in [6.45, 7) is 8.14. The molecule has 132 valence electrons. The van der Waals surface area contributed by atoms with E-state index < -0.39 is 12.0 Å². The molecule has 0 aliphatic carbocycles. The van der Waals surface area contributed by atoms with Crippen molar-refractivity contribution in [3.63, 3.8) is 0 Å². The standard InChI is InChI=1S/C20H21F3N2/c1-12(2)14-5-8-16(9-6-14)25-18-11-15(13(3)4)7-10-17(18)24-19(25)20(21,22)23/h5-13H,1-4H3. The summed E-state index contributed by atoms with van der Waals surface area (Å²) in [6.07, 6.45) is -4.52. The largest absolute Gasteiger partial charge is 0.450 e. The molecule has 0 spiro atoms. The third kappa shape index (κ3) is 3.28. The highest BCUT2D eigenvalue weighted by Crippen LogP contribution is 2.35. The average molecular weight is 346 g/mol. The summed E-state index contributed by atoms with van der Waals surface area (Å²) in [5, 5.41) is 0. The van der Waals surface area contributed by atoms with E-state index in [4.69, 9.17) is 0 Å². The summed E-state index contributed by atoms with van der Waals surface area (Å²) in [4.78, 5) is 3.86. The lowest BCUT2D eigenvalue weighted by molar-refractivity contribution is -0.145. The molecule has 2 nitrogen and oxygen atoms in total. The van der Waals surface area contributed by atoms with E-state index in [0.29, 0.717) is 22.6 Å². The Morgan fingerprint density at radius 2 is 1.40 bits per heavy atom. The summed E-state index contributed by atoms with van der Waals surface area (Å²) in [7, 11) is 0. The van der Waals surface area contributed by atoms with E-state index in [1.165, 1.54) is 4.57 Å². The minimum Gasteiger partial charge on any atom is -0.289 e. The molecule has 0 radical (unpaired) electrons. The van der Waals surface area contributed by atoms with Gasteiger partial charge in [-0.15, -0.1) is 0 Å². The first-order valence-corrected chi connectivity index (χ1v) is 8.38. The zero-order valence-corrected chi connectivity index (χ0v) is 14.7. The van der Waals surface area contributed by atoms with Crippen molar-refractivity contribution in [3.05, 3.63) is 59.4 Å². The molecule has 0 atom stereocenters. The van der Waals surface area contributed by atoms with E-state index in [9.17, 15) is 13.2 Å². The first kappa shape index (κ1) is 17.5. The number of aromatic nitrogens is 2. The second-order valence-electron chi connectivity index (χ2n) is 6.92. The van der Waals surface area contributed by atoms with E-state index in [1.807, 2.05) is 32.0 Å². The number of imidazole rings is 1. The topological polar surface area (TPSA) is 17.8 Å². The molecule has 3 aromatic rings. The highest BCUT2D eigenvalue weighted by Gasteiger charge is 2.38. The molecule has 1 heterocycles. The molecule has 3 rings (SSSR count). The lowest BCUT2D eigenvalue weighted by Gasteiger charge is -2.13. The molecule has 0 fully saturated rings. The van der Waals surface area contributed by atoms with E-state index in [-0.39, 0.29) is 5.92 Å². The number of halogens is 3. The Balaban J connectivity index is 2.27. The fraction of sp³-hybridized carbons (Fsp3) is 0.350. The SMILES string of the molecule is CC(C)c1ccc(-n2c(C(F)(F)F)nc3ccc(C(C)C)cc32)cc1. The number of hydrogen-bond acceptors (Lipinski definition) is 1. The molecule has 0 aliphatic heterocycles. The van der Waals surface area contributed by atoms with Crippen molar-refractivity contribution in [3.8, 4) is 5.69 Å². The van der Waals surface area contributed by atoms with Crippen LogP contribution in [0.15, 0.2) is 42.5 Å². The predicted molar refractivity (Wildman–Crippen MR) is 94.3 cm³/mol. The Bertz CT molecular complexity index is 888. The maximum Gasteiger partial charge on any atom is 0.450 e. The van der Waals surface area contributed by atoms with Crippen molar-refractivity contribution >= 4 is 11.0 Å². The lowest BCUT2D eigenvalue weighted by Crippen LogP contribution is -2.14. The Morgan fingerprint density at radius 3 is 1.92 bits per heavy atom. The minimum absolute atomic E-state index is 0.227. The van der Waals surface area contributed by atoms with Crippen LogP contribution in [0.1, 0.15) is 56.5 Å². The van der Waals surface area contributed by atoms with Gasteiger partial charge in [0.05, 0.1) is 11.0 Å². The van der Waals surface area contributed by atoms with Crippen LogP contribution in [0.5, 0.6) is 0 Å². The van der Waals surface area contributed by atoms with Gasteiger partial charge in [-0.25, -0.2) is 4.98 Å². The van der Waals surface area contributed by atoms with Gasteiger partial charge in [0.2, 0.25) is 5.82 Å². The number of rotatable bonds is 3. The fourth-order valence-corrected chi connectivity index (χ4v) is 2.91. The summed E-state index contributed by atoms with van der Waals surface area (Å²) < 4.78 is 41.9. The van der Waals surface area contributed by atoms with E-state index >= 15 is 0 Å². The fourth-order valence-electron chi connectivity index (χ4n) is 2.91. The molecule has 5 heteroatoms. The maximum absolute atomic E-state index is 13.6. The van der Waals surface area contributed by atoms with Crippen LogP contribution < -0.4 is 0 Å². The van der Waals surface area contributed by atoms with Crippen molar-refractivity contribution in [2.45, 2.75) is 45.7 Å². The number of benzene rings is 2. The molecule has 0 saturated carbocycles. The second-order valence-corrected chi connectivity index (χ2v) is 6.92. The molecular formula is C20H21F3N2. The van der Waals surface area contributed by atoms with Gasteiger partial charge < -0.3 is 0 Å². The van der Waals surface area contributed by atoms with Gasteiger partial charge in [-0.2, -0.15) is 13.2 Å². The smallest absolute Gasteiger partial charge is 0.289 e. The van der Waals surface area contributed by atoms with Gasteiger partial charge in [0.25, 0.3) is 0 Å². The van der Waals surface area contributed by atoms with Gasteiger partial charge in [0.1, 0.15) is 0 Å². The van der Waals surface area contributed by atoms with Crippen LogP contribution >= 0.6 is 0 Å². The molecular weight excluding hydrogens is 325 g/mol. The molecule has 2 aromatic carbocycles. The summed E-state index contributed by atoms with van der Waals surface area (Å²) in [5.74, 6) is -0.339. The zero-order valence-electron chi connectivity index (χ0n) is 14.7. The normalized spacial score (nSPS) is 12.5. The Morgan fingerprint density at radius 1 is 0.840 bits per heavy atom. The van der Waals surface area contributed by atoms with Crippen LogP contribution in [0.2, 0.25) is 0 Å². The first-order valence-electron chi connectivity index (χ1n) is 8.38. The lowest BCUT2D eigenvalue weighted by atomic mass is 10.0. The number of alkyl halides is 3. The Kier molecular flexibility index (Phi) is 4.35. The molecule has 0 aliphatic rings. The zero-order chi connectivity index (χ0) is 18.4. The third-order valence-corrected chi connectivity index (χ3v) is 4.42. The van der Waals surface area contributed by atoms with Crippen molar-refractivity contribution in [2.75, 3.05) is 0 Å². The van der Waals surface area contributed by atoms with Crippen LogP contribution in [-0.4, -0.2) is 9.55 Å². The van der Waals surface area contributed by atoms with Crippen molar-refractivity contribution in [1.29, 1.82) is 0 Å². The first-order chi connectivity index (χ1) is 11.7. The summed E-state index contributed by atoms with van der Waals surface area (Å²) >= 11 is 0. The molecule has 0 bridgehead atoms. The van der Waals surface area contributed by atoms with Gasteiger partial charge in [-0.05, 0) is 47.2 Å². The summed E-state index contributed by atoms with van der Waals surface area (Å²) in [6, 6.07) is 12.5. The van der Waals surface area contributed by atoms with Gasteiger partial charge >= 0.3 is 6.18 Å². The van der Waals surface area contributed by atoms with Crippen LogP contribution in [0.25, 0.3) is 16.7 Å². The monoisotopic (exact) mass is 346 g/mol. The molecule has 25 heavy (non-hydrogen) atoms. The molecule has 0 N–H and O–H groups in total. The average Bonchev–Trinajstić information content (AvgIpc) is 2.93. The van der Waals surface area contributed by atoms with Crippen LogP contribution in [0.3, 0.4) is 0 Å². The van der Waals surface area contributed by atoms with Gasteiger partial charge in [-0.3, -0.25) is 4.57 Å². The quantitative estimate of drug-likeness (QED) is 0.545. The highest BCUT2D eigenvalue weighted by atomic mass is 19.4.